The molecular formula is C122H98Ir4N8-8. The molecule has 0 bridgehead atoms. The summed E-state index contributed by atoms with van der Waals surface area (Å²) in [5.74, 6) is 0. The molecule has 0 amide bonds. The van der Waals surface area contributed by atoms with Crippen molar-refractivity contribution in [2.24, 2.45) is 0 Å². The van der Waals surface area contributed by atoms with Gasteiger partial charge in [0.05, 0.1) is 0 Å². The fraction of sp³-hybridized carbons (Fsp3) is 0.0820. The van der Waals surface area contributed by atoms with Crippen LogP contribution in [0.1, 0.15) is 56.5 Å². The van der Waals surface area contributed by atoms with Crippen molar-refractivity contribution in [1.82, 2.24) is 39.9 Å². The second-order valence-corrected chi connectivity index (χ2v) is 31.0. The van der Waals surface area contributed by atoms with Crippen LogP contribution in [0.4, 0.5) is 0 Å². The Morgan fingerprint density at radius 2 is 0.433 bits per heavy atom. The molecule has 0 N–H and O–H groups in total. The molecule has 20 aromatic rings. The molecule has 4 radical (unpaired) electrons. The molecule has 1 aliphatic rings. The predicted octanol–water partition coefficient (Wildman–Crippen LogP) is 29.7. The minimum atomic E-state index is 0. The third-order valence-corrected chi connectivity index (χ3v) is 21.7. The van der Waals surface area contributed by atoms with Gasteiger partial charge in [0, 0.05) is 130 Å². The molecule has 134 heavy (non-hydrogen) atoms. The van der Waals surface area contributed by atoms with E-state index in [4.69, 9.17) is 0 Å². The van der Waals surface area contributed by atoms with Crippen LogP contribution in [0.5, 0.6) is 0 Å². The Morgan fingerprint density at radius 3 is 0.694 bits per heavy atom. The Morgan fingerprint density at radius 1 is 0.187 bits per heavy atom. The number of pyridine rings is 8. The van der Waals surface area contributed by atoms with Crippen molar-refractivity contribution in [2.75, 3.05) is 0 Å². The first-order chi connectivity index (χ1) is 63.9. The average molecular weight is 2450 g/mol. The van der Waals surface area contributed by atoms with Crippen molar-refractivity contribution in [3.8, 4) is 135 Å². The van der Waals surface area contributed by atoms with Crippen LogP contribution < -0.4 is 0 Å². The van der Waals surface area contributed by atoms with Crippen LogP contribution in [0, 0.1) is 97.0 Å². The van der Waals surface area contributed by atoms with Crippen LogP contribution in [-0.2, 0) is 93.3 Å². The van der Waals surface area contributed by atoms with Gasteiger partial charge in [-0.25, -0.2) is 0 Å². The first-order valence-electron chi connectivity index (χ1n) is 43.5. The number of rotatable bonds is 12. The Hall–Kier alpha value is -13.6. The largest absolute Gasteiger partial charge is 0.305 e. The number of hydrogen-bond donors (Lipinski definition) is 0. The van der Waals surface area contributed by atoms with Gasteiger partial charge in [0.1, 0.15) is 0 Å². The molecule has 0 fully saturated rings. The molecule has 0 spiro atoms. The predicted molar refractivity (Wildman–Crippen MR) is 535 cm³/mol. The molecule has 8 heterocycles. The molecule has 8 nitrogen and oxygen atoms in total. The van der Waals surface area contributed by atoms with E-state index in [1.165, 1.54) is 97.2 Å². The molecule has 12 aromatic carbocycles. The normalized spacial score (nSPS) is 10.3. The Bertz CT molecular complexity index is 6280. The fourth-order valence-corrected chi connectivity index (χ4v) is 14.4. The second kappa shape index (κ2) is 54.4. The first-order valence-corrected chi connectivity index (χ1v) is 43.5. The molecule has 21 rings (SSSR count). The third-order valence-electron chi connectivity index (χ3n) is 21.7. The van der Waals surface area contributed by atoms with E-state index in [1.807, 2.05) is 292 Å². The fourth-order valence-electron chi connectivity index (χ4n) is 14.4. The summed E-state index contributed by atoms with van der Waals surface area (Å²) in [4.78, 5) is 35.1. The zero-order chi connectivity index (χ0) is 89.7. The number of nitrogens with zero attached hydrogens (tertiary/aromatic N) is 8. The smallest absolute Gasteiger partial charge is 0.0239 e. The molecular weight excluding hydrogens is 2350 g/mol. The van der Waals surface area contributed by atoms with Gasteiger partial charge in [0.2, 0.25) is 0 Å². The first kappa shape index (κ1) is 103. The molecule has 670 valence electrons. The summed E-state index contributed by atoms with van der Waals surface area (Å²) in [6.07, 6.45) is 18.7. The topological polar surface area (TPSA) is 103 Å². The number of aryl methyl sites for hydroxylation is 8. The van der Waals surface area contributed by atoms with Crippen LogP contribution in [0.3, 0.4) is 0 Å². The van der Waals surface area contributed by atoms with Crippen LogP contribution >= 0.6 is 0 Å². The summed E-state index contributed by atoms with van der Waals surface area (Å²) in [7, 11) is 0. The van der Waals surface area contributed by atoms with Gasteiger partial charge in [-0.15, -0.1) is 287 Å². The van der Waals surface area contributed by atoms with Gasteiger partial charge in [-0.3, -0.25) is 0 Å². The Kier molecular flexibility index (Phi) is 41.7. The van der Waals surface area contributed by atoms with Crippen molar-refractivity contribution in [3.05, 3.63) is 530 Å². The summed E-state index contributed by atoms with van der Waals surface area (Å²) in [6, 6.07) is 153. The summed E-state index contributed by atoms with van der Waals surface area (Å²) < 4.78 is 0. The number of hydrogen-bond acceptors (Lipinski definition) is 8. The maximum absolute atomic E-state index is 4.59. The standard InChI is InChI=1S/C20H16N.C20H18N.2C19H16N.4C11H8N.4Ir/c1-2-5-16(6-3-1)20-12-11-19(14-21-20)18-10-9-15-7-4-8-17(15)13-18;1-14-11-19(12-15(2)16(14)3)18-9-10-20(21-13-18)17-7-5-4-6-8-17;1-14-10-15(2)12-18(11-14)17-8-9-19(20-13-17)16-6-4-3-5-7-16;1-14-8-9-17(12-15(14)2)18-10-11-19(20-13-18)16-6-4-3-5-7-16;4*1-2-6-10(7-3-1)11-8-4-5-9-12-11;;;;/h1-3,5,9-14H,4,7-8H2;4-7,9-13H,1-3H3;2*3-6,8-13H,1-2H3;4*1-6,8-9H;;;;/q8*-1;;;;. The second-order valence-electron chi connectivity index (χ2n) is 31.0. The van der Waals surface area contributed by atoms with Crippen molar-refractivity contribution >= 4 is 0 Å². The third kappa shape index (κ3) is 30.8. The Balaban J connectivity index is 0.000000160. The van der Waals surface area contributed by atoms with Gasteiger partial charge in [0.25, 0.3) is 0 Å². The molecule has 0 atom stereocenters. The van der Waals surface area contributed by atoms with Crippen LogP contribution in [-0.4, -0.2) is 39.9 Å². The summed E-state index contributed by atoms with van der Waals surface area (Å²) in [6.45, 7) is 15.0. The quantitative estimate of drug-likeness (QED) is 0.111. The molecule has 1 aliphatic carbocycles. The molecule has 0 unspecified atom stereocenters. The zero-order valence-electron chi connectivity index (χ0n) is 75.5. The van der Waals surface area contributed by atoms with Crippen LogP contribution in [0.2, 0.25) is 0 Å². The van der Waals surface area contributed by atoms with Crippen molar-refractivity contribution in [2.45, 2.75) is 67.7 Å². The van der Waals surface area contributed by atoms with Gasteiger partial charge in [-0.1, -0.05) is 175 Å². The zero-order valence-corrected chi connectivity index (χ0v) is 85.1. The van der Waals surface area contributed by atoms with E-state index in [1.54, 1.807) is 24.8 Å². The van der Waals surface area contributed by atoms with Gasteiger partial charge in [-0.2, -0.15) is 0 Å². The van der Waals surface area contributed by atoms with Crippen molar-refractivity contribution < 1.29 is 80.4 Å². The van der Waals surface area contributed by atoms with E-state index < -0.39 is 0 Å². The van der Waals surface area contributed by atoms with E-state index in [2.05, 4.69) is 252 Å². The van der Waals surface area contributed by atoms with E-state index in [0.29, 0.717) is 0 Å². The number of aromatic nitrogens is 8. The van der Waals surface area contributed by atoms with Gasteiger partial charge in [-0.05, 0) is 221 Å². The van der Waals surface area contributed by atoms with E-state index in [9.17, 15) is 0 Å². The minimum Gasteiger partial charge on any atom is -0.305 e. The van der Waals surface area contributed by atoms with E-state index in [-0.39, 0.29) is 80.4 Å². The molecule has 0 saturated carbocycles. The average Bonchev–Trinajstić information content (AvgIpc) is 0.858. The van der Waals surface area contributed by atoms with Crippen molar-refractivity contribution in [3.63, 3.8) is 0 Å². The SMILES string of the molecule is Cc1cc(-c2ccc(-c3[c-]cccc3)nc2)cc(C)c1C.Cc1cc(C)cc(-c2ccc(-c3[c-]cccc3)nc2)c1.Cc1ccc(-c2ccc(-c3[c-]cccc3)nc2)cc1C.[Ir].[Ir].[Ir].[Ir].[c-]1ccccc1-c1ccc(-c2ccc3c(c2)CCC3)cn1.[c-]1ccccc1-c1ccccn1.[c-]1ccccc1-c1ccccn1.[c-]1ccccc1-c1ccccn1.[c-]1ccccc1-c1ccccn1. The van der Waals surface area contributed by atoms with Gasteiger partial charge >= 0.3 is 0 Å². The van der Waals surface area contributed by atoms with Crippen LogP contribution in [0.15, 0.2) is 432 Å². The number of benzene rings is 12. The van der Waals surface area contributed by atoms with Crippen LogP contribution in [0.25, 0.3) is 135 Å². The molecule has 0 saturated heterocycles. The van der Waals surface area contributed by atoms with Gasteiger partial charge in [0.15, 0.2) is 0 Å². The summed E-state index contributed by atoms with van der Waals surface area (Å²) in [5, 5.41) is 0. The summed E-state index contributed by atoms with van der Waals surface area (Å²) in [5.41, 5.74) is 37.8. The number of fused-ring (bicyclic) bond motifs is 1. The van der Waals surface area contributed by atoms with E-state index in [0.717, 1.165) is 107 Å². The maximum atomic E-state index is 4.59. The monoisotopic (exact) mass is 2450 g/mol. The van der Waals surface area contributed by atoms with Crippen molar-refractivity contribution in [1.29, 1.82) is 0 Å². The minimum absolute atomic E-state index is 0. The maximum Gasteiger partial charge on any atom is 0.0239 e. The Labute approximate surface area is 845 Å². The van der Waals surface area contributed by atoms with Gasteiger partial charge < -0.3 is 39.9 Å². The molecule has 12 heteroatoms. The van der Waals surface area contributed by atoms with E-state index >= 15 is 0 Å². The summed E-state index contributed by atoms with van der Waals surface area (Å²) >= 11 is 0. The molecule has 0 aliphatic heterocycles. The molecule has 8 aromatic heterocycles.